The van der Waals surface area contributed by atoms with Crippen molar-refractivity contribution in [3.8, 4) is 0 Å². The van der Waals surface area contributed by atoms with E-state index in [1.807, 2.05) is 0 Å². The summed E-state index contributed by atoms with van der Waals surface area (Å²) >= 11 is 0. The Hall–Kier alpha value is -0.880. The SMILES string of the molecule is CCC(C)C(=O)OCCC(F)(F)C(F)(F)F. The zero-order valence-electron chi connectivity index (χ0n) is 8.90. The molecule has 0 aromatic rings. The van der Waals surface area contributed by atoms with Crippen LogP contribution in [0.25, 0.3) is 0 Å². The van der Waals surface area contributed by atoms with E-state index in [0.717, 1.165) is 0 Å². The number of ether oxygens (including phenoxy) is 1. The monoisotopic (exact) mass is 248 g/mol. The fraction of sp³-hybridized carbons (Fsp3) is 0.889. The molecule has 0 rings (SSSR count). The first-order valence-corrected chi connectivity index (χ1v) is 4.73. The number of rotatable bonds is 5. The van der Waals surface area contributed by atoms with Crippen molar-refractivity contribution in [2.75, 3.05) is 6.61 Å². The van der Waals surface area contributed by atoms with Crippen LogP contribution < -0.4 is 0 Å². The Kier molecular flexibility index (Phi) is 5.15. The van der Waals surface area contributed by atoms with E-state index >= 15 is 0 Å². The molecule has 2 nitrogen and oxygen atoms in total. The fourth-order valence-electron chi connectivity index (χ4n) is 0.730. The molecule has 0 heterocycles. The molecule has 0 N–H and O–H groups in total. The van der Waals surface area contributed by atoms with E-state index < -0.39 is 37.0 Å². The Bertz CT molecular complexity index is 237. The third-order valence-electron chi connectivity index (χ3n) is 2.09. The van der Waals surface area contributed by atoms with Crippen molar-refractivity contribution in [1.29, 1.82) is 0 Å². The molecule has 0 aromatic carbocycles. The highest BCUT2D eigenvalue weighted by Crippen LogP contribution is 2.37. The van der Waals surface area contributed by atoms with Crippen LogP contribution in [-0.4, -0.2) is 24.7 Å². The molecule has 0 aliphatic rings. The second-order valence-corrected chi connectivity index (χ2v) is 3.43. The Labute approximate surface area is 89.8 Å². The van der Waals surface area contributed by atoms with E-state index in [-0.39, 0.29) is 0 Å². The predicted octanol–water partition coefficient (Wildman–Crippen LogP) is 3.16. The van der Waals surface area contributed by atoms with Gasteiger partial charge in [-0.25, -0.2) is 0 Å². The molecule has 0 radical (unpaired) electrons. The van der Waals surface area contributed by atoms with Crippen LogP contribution in [0.5, 0.6) is 0 Å². The maximum Gasteiger partial charge on any atom is 0.453 e. The molecule has 1 unspecified atom stereocenters. The highest BCUT2D eigenvalue weighted by atomic mass is 19.4. The van der Waals surface area contributed by atoms with Crippen LogP contribution in [0.3, 0.4) is 0 Å². The van der Waals surface area contributed by atoms with Crippen molar-refractivity contribution < 1.29 is 31.5 Å². The summed E-state index contributed by atoms with van der Waals surface area (Å²) in [6, 6.07) is 0. The van der Waals surface area contributed by atoms with Gasteiger partial charge in [0.05, 0.1) is 18.9 Å². The van der Waals surface area contributed by atoms with Crippen LogP contribution in [0.15, 0.2) is 0 Å². The molecule has 0 aliphatic carbocycles. The van der Waals surface area contributed by atoms with E-state index in [9.17, 15) is 26.7 Å². The van der Waals surface area contributed by atoms with Crippen molar-refractivity contribution in [3.05, 3.63) is 0 Å². The lowest BCUT2D eigenvalue weighted by molar-refractivity contribution is -0.286. The van der Waals surface area contributed by atoms with E-state index in [1.165, 1.54) is 6.92 Å². The average Bonchev–Trinajstić information content (AvgIpc) is 2.14. The fourth-order valence-corrected chi connectivity index (χ4v) is 0.730. The number of carbonyl (C=O) groups is 1. The minimum Gasteiger partial charge on any atom is -0.465 e. The Morgan fingerprint density at radius 2 is 1.75 bits per heavy atom. The lowest BCUT2D eigenvalue weighted by Gasteiger charge is -2.19. The zero-order chi connectivity index (χ0) is 13.0. The smallest absolute Gasteiger partial charge is 0.453 e. The molecule has 16 heavy (non-hydrogen) atoms. The molecule has 0 spiro atoms. The van der Waals surface area contributed by atoms with Crippen LogP contribution >= 0.6 is 0 Å². The molecular weight excluding hydrogens is 235 g/mol. The molecule has 96 valence electrons. The van der Waals surface area contributed by atoms with Crippen molar-refractivity contribution in [3.63, 3.8) is 0 Å². The van der Waals surface area contributed by atoms with Crippen LogP contribution in [0.1, 0.15) is 26.7 Å². The second kappa shape index (κ2) is 5.45. The van der Waals surface area contributed by atoms with Gasteiger partial charge in [-0.2, -0.15) is 22.0 Å². The minimum atomic E-state index is -5.60. The van der Waals surface area contributed by atoms with Gasteiger partial charge in [0.25, 0.3) is 0 Å². The highest BCUT2D eigenvalue weighted by molar-refractivity contribution is 5.71. The van der Waals surface area contributed by atoms with Crippen LogP contribution in [0, 0.1) is 5.92 Å². The summed E-state index contributed by atoms with van der Waals surface area (Å²) in [6.07, 6.45) is -6.71. The van der Waals surface area contributed by atoms with Crippen LogP contribution in [0.4, 0.5) is 22.0 Å². The van der Waals surface area contributed by atoms with Crippen molar-refractivity contribution in [2.45, 2.75) is 38.8 Å². The molecule has 0 aliphatic heterocycles. The Morgan fingerprint density at radius 3 is 2.12 bits per heavy atom. The summed E-state index contributed by atoms with van der Waals surface area (Å²) in [5.74, 6) is -6.08. The van der Waals surface area contributed by atoms with Gasteiger partial charge < -0.3 is 4.74 Å². The summed E-state index contributed by atoms with van der Waals surface area (Å²) in [5, 5.41) is 0. The molecule has 0 amide bonds. The zero-order valence-corrected chi connectivity index (χ0v) is 8.90. The minimum absolute atomic E-state index is 0.439. The third kappa shape index (κ3) is 4.32. The first-order valence-electron chi connectivity index (χ1n) is 4.73. The van der Waals surface area contributed by atoms with Crippen LogP contribution in [-0.2, 0) is 9.53 Å². The summed E-state index contributed by atoms with van der Waals surface area (Å²) in [4.78, 5) is 11.0. The van der Waals surface area contributed by atoms with Gasteiger partial charge >= 0.3 is 18.1 Å². The third-order valence-corrected chi connectivity index (χ3v) is 2.09. The van der Waals surface area contributed by atoms with E-state index in [4.69, 9.17) is 0 Å². The van der Waals surface area contributed by atoms with E-state index in [1.54, 1.807) is 6.92 Å². The number of hydrogen-bond acceptors (Lipinski definition) is 2. The highest BCUT2D eigenvalue weighted by Gasteiger charge is 2.56. The summed E-state index contributed by atoms with van der Waals surface area (Å²) in [7, 11) is 0. The van der Waals surface area contributed by atoms with Crippen LogP contribution in [0.2, 0.25) is 0 Å². The van der Waals surface area contributed by atoms with Crippen molar-refractivity contribution in [1.82, 2.24) is 0 Å². The van der Waals surface area contributed by atoms with E-state index in [0.29, 0.717) is 6.42 Å². The first-order chi connectivity index (χ1) is 7.12. The molecule has 0 aromatic heterocycles. The Morgan fingerprint density at radius 1 is 1.25 bits per heavy atom. The number of carbonyl (C=O) groups excluding carboxylic acids is 1. The van der Waals surface area contributed by atoms with Crippen molar-refractivity contribution >= 4 is 5.97 Å². The summed E-state index contributed by atoms with van der Waals surface area (Å²) in [5.41, 5.74) is 0. The standard InChI is InChI=1S/C9H13F5O2/c1-3-6(2)7(15)16-5-4-8(10,11)9(12,13)14/h6H,3-5H2,1-2H3. The summed E-state index contributed by atoms with van der Waals surface area (Å²) < 4.78 is 64.1. The predicted molar refractivity (Wildman–Crippen MR) is 46.0 cm³/mol. The molecule has 0 saturated carbocycles. The lowest BCUT2D eigenvalue weighted by atomic mass is 10.1. The van der Waals surface area contributed by atoms with Gasteiger partial charge in [-0.05, 0) is 6.42 Å². The molecule has 0 saturated heterocycles. The van der Waals surface area contributed by atoms with Gasteiger partial charge in [-0.15, -0.1) is 0 Å². The normalized spacial score (nSPS) is 14.7. The quantitative estimate of drug-likeness (QED) is 0.551. The molecule has 0 bridgehead atoms. The van der Waals surface area contributed by atoms with Gasteiger partial charge in [-0.1, -0.05) is 13.8 Å². The maximum absolute atomic E-state index is 12.3. The van der Waals surface area contributed by atoms with Gasteiger partial charge in [0, 0.05) is 0 Å². The topological polar surface area (TPSA) is 26.3 Å². The molecular formula is C9H13F5O2. The number of halogens is 5. The molecule has 7 heteroatoms. The maximum atomic E-state index is 12.3. The largest absolute Gasteiger partial charge is 0.465 e. The summed E-state index contributed by atoms with van der Waals surface area (Å²) in [6.45, 7) is 2.25. The van der Waals surface area contributed by atoms with Gasteiger partial charge in [0.2, 0.25) is 0 Å². The molecule has 0 fully saturated rings. The van der Waals surface area contributed by atoms with Gasteiger partial charge in [-0.3, -0.25) is 4.79 Å². The van der Waals surface area contributed by atoms with E-state index in [2.05, 4.69) is 4.74 Å². The first kappa shape index (κ1) is 15.1. The Balaban J connectivity index is 4.04. The second-order valence-electron chi connectivity index (χ2n) is 3.43. The number of alkyl halides is 5. The average molecular weight is 248 g/mol. The molecule has 1 atom stereocenters. The lowest BCUT2D eigenvalue weighted by Crippen LogP contribution is -2.37. The number of esters is 1. The number of hydrogen-bond donors (Lipinski definition) is 0. The van der Waals surface area contributed by atoms with Gasteiger partial charge in [0.15, 0.2) is 0 Å². The van der Waals surface area contributed by atoms with Gasteiger partial charge in [0.1, 0.15) is 0 Å². The van der Waals surface area contributed by atoms with Crippen molar-refractivity contribution in [2.24, 2.45) is 5.92 Å².